The van der Waals surface area contributed by atoms with E-state index in [9.17, 15) is 9.59 Å². The Morgan fingerprint density at radius 1 is 1.21 bits per heavy atom. The summed E-state index contributed by atoms with van der Waals surface area (Å²) in [5.74, 6) is 0.935. The molecule has 10 heteroatoms. The summed E-state index contributed by atoms with van der Waals surface area (Å²) in [6.07, 6.45) is 1.73. The third-order valence-electron chi connectivity index (χ3n) is 4.92. The van der Waals surface area contributed by atoms with E-state index in [4.69, 9.17) is 9.26 Å². The van der Waals surface area contributed by atoms with Gasteiger partial charge in [0.1, 0.15) is 5.60 Å². The normalized spacial score (nSPS) is 13.5. The Hall–Kier alpha value is -3.27. The first-order valence-electron chi connectivity index (χ1n) is 10.9. The highest BCUT2D eigenvalue weighted by molar-refractivity contribution is 7.15. The van der Waals surface area contributed by atoms with Crippen LogP contribution < -0.4 is 5.32 Å². The van der Waals surface area contributed by atoms with Crippen molar-refractivity contribution in [2.45, 2.75) is 58.6 Å². The number of hydrogen-bond acceptors (Lipinski definition) is 8. The lowest BCUT2D eigenvalue weighted by molar-refractivity contribution is -0.116. The lowest BCUT2D eigenvalue weighted by Crippen LogP contribution is -2.39. The van der Waals surface area contributed by atoms with Crippen LogP contribution in [-0.2, 0) is 28.9 Å². The van der Waals surface area contributed by atoms with E-state index in [2.05, 4.69) is 20.4 Å². The molecule has 0 radical (unpaired) electrons. The first-order chi connectivity index (χ1) is 15.8. The summed E-state index contributed by atoms with van der Waals surface area (Å²) >= 11 is 1.40. The highest BCUT2D eigenvalue weighted by Gasteiger charge is 2.28. The van der Waals surface area contributed by atoms with Gasteiger partial charge in [-0.2, -0.15) is 4.98 Å². The molecule has 174 valence electrons. The largest absolute Gasteiger partial charge is 0.444 e. The standard InChI is InChI=1S/C23H27N5O4S/c1-23(2,3)31-22(30)28-13-12-16-17(14-28)33-21(24-16)25-18(29)10-7-11-19-26-20(27-32-19)15-8-5-4-6-9-15/h4-6,8-9H,7,10-14H2,1-3H3,(H,24,25,29). The minimum atomic E-state index is -0.533. The molecule has 0 fully saturated rings. The molecule has 1 aliphatic heterocycles. The highest BCUT2D eigenvalue weighted by atomic mass is 32.1. The van der Waals surface area contributed by atoms with E-state index in [1.165, 1.54) is 11.3 Å². The fourth-order valence-electron chi connectivity index (χ4n) is 3.37. The molecule has 0 saturated carbocycles. The van der Waals surface area contributed by atoms with Gasteiger partial charge in [-0.05, 0) is 27.2 Å². The smallest absolute Gasteiger partial charge is 0.410 e. The van der Waals surface area contributed by atoms with Crippen molar-refractivity contribution in [3.63, 3.8) is 0 Å². The summed E-state index contributed by atoms with van der Waals surface area (Å²) < 4.78 is 10.7. The van der Waals surface area contributed by atoms with Crippen molar-refractivity contribution in [2.75, 3.05) is 11.9 Å². The van der Waals surface area contributed by atoms with Gasteiger partial charge in [0.25, 0.3) is 0 Å². The number of thiazole rings is 1. The van der Waals surface area contributed by atoms with Gasteiger partial charge in [0, 0.05) is 36.2 Å². The van der Waals surface area contributed by atoms with E-state index < -0.39 is 5.60 Å². The summed E-state index contributed by atoms with van der Waals surface area (Å²) in [6.45, 7) is 6.54. The number of nitrogens with zero attached hydrogens (tertiary/aromatic N) is 4. The molecule has 4 rings (SSSR count). The Morgan fingerprint density at radius 3 is 2.76 bits per heavy atom. The molecule has 9 nitrogen and oxygen atoms in total. The number of nitrogens with one attached hydrogen (secondary N) is 1. The van der Waals surface area contributed by atoms with Crippen molar-refractivity contribution in [3.05, 3.63) is 46.8 Å². The minimum absolute atomic E-state index is 0.118. The lowest BCUT2D eigenvalue weighted by atomic mass is 10.2. The molecule has 1 N–H and O–H groups in total. The number of anilines is 1. The number of aryl methyl sites for hydroxylation is 1. The van der Waals surface area contributed by atoms with Gasteiger partial charge in [-0.3, -0.25) is 4.79 Å². The van der Waals surface area contributed by atoms with Crippen LogP contribution in [0.4, 0.5) is 9.93 Å². The maximum absolute atomic E-state index is 12.4. The second kappa shape index (κ2) is 9.70. The van der Waals surface area contributed by atoms with Crippen LogP contribution in [0.5, 0.6) is 0 Å². The number of carbonyl (C=O) groups excluding carboxylic acids is 2. The number of ether oxygens (including phenoxy) is 1. The van der Waals surface area contributed by atoms with Crippen LogP contribution in [0.3, 0.4) is 0 Å². The fourth-order valence-corrected chi connectivity index (χ4v) is 4.41. The molecule has 2 aromatic heterocycles. The van der Waals surface area contributed by atoms with Gasteiger partial charge < -0.3 is 19.5 Å². The number of aromatic nitrogens is 3. The van der Waals surface area contributed by atoms with Gasteiger partial charge in [0.05, 0.1) is 12.2 Å². The molecule has 0 unspecified atom stereocenters. The van der Waals surface area contributed by atoms with Gasteiger partial charge >= 0.3 is 6.09 Å². The molecule has 0 atom stereocenters. The molecule has 0 aliphatic carbocycles. The van der Waals surface area contributed by atoms with Gasteiger partial charge in [0.2, 0.25) is 17.6 Å². The molecule has 33 heavy (non-hydrogen) atoms. The Balaban J connectivity index is 1.25. The second-order valence-corrected chi connectivity index (χ2v) is 9.90. The monoisotopic (exact) mass is 469 g/mol. The van der Waals surface area contributed by atoms with Crippen molar-refractivity contribution in [3.8, 4) is 11.4 Å². The molecular weight excluding hydrogens is 442 g/mol. The molecule has 3 aromatic rings. The summed E-state index contributed by atoms with van der Waals surface area (Å²) in [7, 11) is 0. The van der Waals surface area contributed by atoms with Gasteiger partial charge in [-0.25, -0.2) is 9.78 Å². The van der Waals surface area contributed by atoms with Crippen molar-refractivity contribution >= 4 is 28.5 Å². The topological polar surface area (TPSA) is 110 Å². The second-order valence-electron chi connectivity index (χ2n) is 8.82. The van der Waals surface area contributed by atoms with E-state index >= 15 is 0 Å². The first-order valence-corrected chi connectivity index (χ1v) is 11.7. The summed E-state index contributed by atoms with van der Waals surface area (Å²) in [5, 5.41) is 7.42. The predicted molar refractivity (Wildman–Crippen MR) is 124 cm³/mol. The van der Waals surface area contributed by atoms with Gasteiger partial charge in [-0.1, -0.05) is 46.8 Å². The van der Waals surface area contributed by atoms with Gasteiger partial charge in [-0.15, -0.1) is 0 Å². The number of amides is 2. The SMILES string of the molecule is CC(C)(C)OC(=O)N1CCc2nc(NC(=O)CCCc3nc(-c4ccccc4)no3)sc2C1. The average molecular weight is 470 g/mol. The Labute approximate surface area is 196 Å². The molecule has 2 amide bonds. The lowest BCUT2D eigenvalue weighted by Gasteiger charge is -2.29. The van der Waals surface area contributed by atoms with Crippen LogP contribution >= 0.6 is 11.3 Å². The molecule has 0 saturated heterocycles. The Morgan fingerprint density at radius 2 is 2.00 bits per heavy atom. The number of benzene rings is 1. The maximum atomic E-state index is 12.4. The van der Waals surface area contributed by atoms with Crippen LogP contribution in [0.15, 0.2) is 34.9 Å². The fraction of sp³-hybridized carbons (Fsp3) is 0.435. The van der Waals surface area contributed by atoms with Crippen LogP contribution in [0.25, 0.3) is 11.4 Å². The number of hydrogen-bond donors (Lipinski definition) is 1. The molecule has 3 heterocycles. The van der Waals surface area contributed by atoms with E-state index in [1.54, 1.807) is 4.90 Å². The van der Waals surface area contributed by atoms with E-state index in [0.717, 1.165) is 16.1 Å². The zero-order valence-corrected chi connectivity index (χ0v) is 19.8. The molecule has 0 bridgehead atoms. The Kier molecular flexibility index (Phi) is 6.73. The van der Waals surface area contributed by atoms with Gasteiger partial charge in [0.15, 0.2) is 5.13 Å². The number of carbonyl (C=O) groups is 2. The molecule has 1 aliphatic rings. The summed E-state index contributed by atoms with van der Waals surface area (Å²) in [5.41, 5.74) is 1.28. The van der Waals surface area contributed by atoms with E-state index in [0.29, 0.717) is 55.6 Å². The summed E-state index contributed by atoms with van der Waals surface area (Å²) in [6, 6.07) is 9.60. The van der Waals surface area contributed by atoms with E-state index in [-0.39, 0.29) is 12.0 Å². The summed E-state index contributed by atoms with van der Waals surface area (Å²) in [4.78, 5) is 36.3. The van der Waals surface area contributed by atoms with E-state index in [1.807, 2.05) is 51.1 Å². The average Bonchev–Trinajstić information content (AvgIpc) is 3.39. The maximum Gasteiger partial charge on any atom is 0.410 e. The van der Waals surface area contributed by atoms with Crippen LogP contribution in [0, 0.1) is 0 Å². The van der Waals surface area contributed by atoms with Crippen LogP contribution in [0.2, 0.25) is 0 Å². The highest BCUT2D eigenvalue weighted by Crippen LogP contribution is 2.29. The number of rotatable bonds is 6. The molecule has 1 aromatic carbocycles. The quantitative estimate of drug-likeness (QED) is 0.568. The molecule has 0 spiro atoms. The van der Waals surface area contributed by atoms with Crippen LogP contribution in [-0.4, -0.2) is 44.2 Å². The zero-order chi connectivity index (χ0) is 23.4. The third kappa shape index (κ3) is 6.16. The predicted octanol–water partition coefficient (Wildman–Crippen LogP) is 4.45. The first kappa shape index (κ1) is 22.9. The van der Waals surface area contributed by atoms with Crippen molar-refractivity contribution in [1.29, 1.82) is 0 Å². The molecular formula is C23H27N5O4S. The third-order valence-corrected chi connectivity index (χ3v) is 5.92. The minimum Gasteiger partial charge on any atom is -0.444 e. The zero-order valence-electron chi connectivity index (χ0n) is 19.0. The van der Waals surface area contributed by atoms with Crippen molar-refractivity contribution in [1.82, 2.24) is 20.0 Å². The van der Waals surface area contributed by atoms with Crippen molar-refractivity contribution in [2.24, 2.45) is 0 Å². The van der Waals surface area contributed by atoms with Crippen LogP contribution in [0.1, 0.15) is 50.1 Å². The van der Waals surface area contributed by atoms with Crippen molar-refractivity contribution < 1.29 is 18.8 Å². The number of fused-ring (bicyclic) bond motifs is 1. The Bertz CT molecular complexity index is 1120.